The molecule has 0 bridgehead atoms. The van der Waals surface area contributed by atoms with Gasteiger partial charge in [0.15, 0.2) is 11.5 Å². The molecule has 0 unspecified atom stereocenters. The first-order chi connectivity index (χ1) is 9.34. The van der Waals surface area contributed by atoms with Crippen molar-refractivity contribution in [2.75, 3.05) is 0 Å². The van der Waals surface area contributed by atoms with E-state index in [4.69, 9.17) is 0 Å². The number of aromatic amines is 1. The third kappa shape index (κ3) is 2.23. The average molecular weight is 251 g/mol. The molecular formula is C13H9N5O. The van der Waals surface area contributed by atoms with E-state index in [1.54, 1.807) is 30.6 Å². The van der Waals surface area contributed by atoms with Gasteiger partial charge in [-0.05, 0) is 6.07 Å². The topological polar surface area (TPSA) is 84.4 Å². The maximum absolute atomic E-state index is 12.0. The minimum atomic E-state index is -0.316. The fourth-order valence-corrected chi connectivity index (χ4v) is 1.64. The van der Waals surface area contributed by atoms with Gasteiger partial charge in [-0.15, -0.1) is 10.2 Å². The summed E-state index contributed by atoms with van der Waals surface area (Å²) in [7, 11) is 0. The van der Waals surface area contributed by atoms with E-state index in [1.807, 2.05) is 18.2 Å². The standard InChI is InChI=1S/C13H9N5O/c19-13-10(9-5-2-1-3-6-9)17-18-12(16-13)11-14-7-4-8-15-11/h1-8H,(H,16,18,19). The second-order valence-corrected chi connectivity index (χ2v) is 3.79. The van der Waals surface area contributed by atoms with Gasteiger partial charge < -0.3 is 4.98 Å². The largest absolute Gasteiger partial charge is 0.300 e. The first-order valence-corrected chi connectivity index (χ1v) is 5.64. The van der Waals surface area contributed by atoms with Crippen LogP contribution in [0.1, 0.15) is 0 Å². The molecule has 0 aliphatic heterocycles. The molecule has 0 aliphatic rings. The summed E-state index contributed by atoms with van der Waals surface area (Å²) >= 11 is 0. The molecule has 2 heterocycles. The van der Waals surface area contributed by atoms with Gasteiger partial charge in [0, 0.05) is 18.0 Å². The van der Waals surface area contributed by atoms with E-state index in [1.165, 1.54) is 0 Å². The number of benzene rings is 1. The lowest BCUT2D eigenvalue weighted by Crippen LogP contribution is -2.15. The molecule has 3 aromatic rings. The molecule has 3 rings (SSSR count). The summed E-state index contributed by atoms with van der Waals surface area (Å²) in [5.41, 5.74) is 0.681. The van der Waals surface area contributed by atoms with Crippen molar-refractivity contribution < 1.29 is 0 Å². The number of hydrogen-bond acceptors (Lipinski definition) is 5. The van der Waals surface area contributed by atoms with Crippen LogP contribution in [0.25, 0.3) is 22.9 Å². The summed E-state index contributed by atoms with van der Waals surface area (Å²) < 4.78 is 0. The number of hydrogen-bond donors (Lipinski definition) is 1. The quantitative estimate of drug-likeness (QED) is 0.741. The van der Waals surface area contributed by atoms with Crippen LogP contribution in [0.4, 0.5) is 0 Å². The van der Waals surface area contributed by atoms with Gasteiger partial charge in [-0.2, -0.15) is 0 Å². The molecule has 0 saturated heterocycles. The van der Waals surface area contributed by atoms with E-state index in [9.17, 15) is 4.79 Å². The van der Waals surface area contributed by atoms with Crippen LogP contribution in [0, 0.1) is 0 Å². The SMILES string of the molecule is O=c1[nH]c(-c2ncccn2)nnc1-c1ccccc1. The fourth-order valence-electron chi connectivity index (χ4n) is 1.64. The van der Waals surface area contributed by atoms with Gasteiger partial charge in [0.05, 0.1) is 0 Å². The fraction of sp³-hybridized carbons (Fsp3) is 0. The summed E-state index contributed by atoms with van der Waals surface area (Å²) in [6.45, 7) is 0. The highest BCUT2D eigenvalue weighted by Crippen LogP contribution is 2.11. The molecule has 0 saturated carbocycles. The normalized spacial score (nSPS) is 10.3. The predicted octanol–water partition coefficient (Wildman–Crippen LogP) is 1.29. The zero-order valence-electron chi connectivity index (χ0n) is 9.82. The summed E-state index contributed by atoms with van der Waals surface area (Å²) in [4.78, 5) is 22.7. The summed E-state index contributed by atoms with van der Waals surface area (Å²) in [5.74, 6) is 0.594. The molecule has 0 amide bonds. The number of H-pyrrole nitrogens is 1. The second kappa shape index (κ2) is 4.77. The minimum absolute atomic E-state index is 0.255. The Morgan fingerprint density at radius 2 is 1.63 bits per heavy atom. The van der Waals surface area contributed by atoms with E-state index < -0.39 is 0 Å². The maximum Gasteiger partial charge on any atom is 0.278 e. The van der Waals surface area contributed by atoms with Gasteiger partial charge in [-0.1, -0.05) is 30.3 Å². The van der Waals surface area contributed by atoms with Crippen molar-refractivity contribution in [1.29, 1.82) is 0 Å². The first kappa shape index (κ1) is 11.2. The molecule has 0 fully saturated rings. The molecule has 1 N–H and O–H groups in total. The number of rotatable bonds is 2. The van der Waals surface area contributed by atoms with Crippen molar-refractivity contribution >= 4 is 0 Å². The average Bonchev–Trinajstić information content (AvgIpc) is 2.49. The lowest BCUT2D eigenvalue weighted by atomic mass is 10.2. The highest BCUT2D eigenvalue weighted by atomic mass is 16.1. The third-order valence-electron chi connectivity index (χ3n) is 2.52. The van der Waals surface area contributed by atoms with Crippen LogP contribution in [-0.2, 0) is 0 Å². The van der Waals surface area contributed by atoms with Gasteiger partial charge in [0.2, 0.25) is 5.82 Å². The van der Waals surface area contributed by atoms with Gasteiger partial charge in [0.1, 0.15) is 0 Å². The van der Waals surface area contributed by atoms with Crippen molar-refractivity contribution in [3.63, 3.8) is 0 Å². The summed E-state index contributed by atoms with van der Waals surface area (Å²) in [6, 6.07) is 10.8. The Morgan fingerprint density at radius 3 is 2.32 bits per heavy atom. The smallest absolute Gasteiger partial charge is 0.278 e. The molecule has 6 heteroatoms. The Hall–Kier alpha value is -2.89. The lowest BCUT2D eigenvalue weighted by molar-refractivity contribution is 0.939. The lowest BCUT2D eigenvalue weighted by Gasteiger charge is -2.00. The molecule has 1 aromatic carbocycles. The number of aromatic nitrogens is 5. The molecule has 2 aromatic heterocycles. The monoisotopic (exact) mass is 251 g/mol. The van der Waals surface area contributed by atoms with Crippen LogP contribution in [0.15, 0.2) is 53.6 Å². The van der Waals surface area contributed by atoms with Crippen LogP contribution in [0.2, 0.25) is 0 Å². The van der Waals surface area contributed by atoms with Crippen LogP contribution in [0.3, 0.4) is 0 Å². The summed E-state index contributed by atoms with van der Waals surface area (Å²) in [5, 5.41) is 7.91. The van der Waals surface area contributed by atoms with E-state index in [0.717, 1.165) is 5.56 Å². The Bertz CT molecular complexity index is 740. The van der Waals surface area contributed by atoms with Crippen LogP contribution in [0.5, 0.6) is 0 Å². The zero-order valence-corrected chi connectivity index (χ0v) is 9.82. The third-order valence-corrected chi connectivity index (χ3v) is 2.52. The van der Waals surface area contributed by atoms with Crippen molar-refractivity contribution in [2.24, 2.45) is 0 Å². The van der Waals surface area contributed by atoms with Crippen molar-refractivity contribution in [3.8, 4) is 22.9 Å². The second-order valence-electron chi connectivity index (χ2n) is 3.79. The maximum atomic E-state index is 12.0. The van der Waals surface area contributed by atoms with E-state index in [2.05, 4.69) is 25.1 Å². The number of nitrogens with one attached hydrogen (secondary N) is 1. The predicted molar refractivity (Wildman–Crippen MR) is 69.1 cm³/mol. The van der Waals surface area contributed by atoms with E-state index in [-0.39, 0.29) is 17.1 Å². The summed E-state index contributed by atoms with van der Waals surface area (Å²) in [6.07, 6.45) is 3.15. The molecule has 0 radical (unpaired) electrons. The van der Waals surface area contributed by atoms with Gasteiger partial charge in [-0.25, -0.2) is 9.97 Å². The van der Waals surface area contributed by atoms with Crippen molar-refractivity contribution in [1.82, 2.24) is 25.1 Å². The van der Waals surface area contributed by atoms with Crippen LogP contribution < -0.4 is 5.56 Å². The number of nitrogens with zero attached hydrogens (tertiary/aromatic N) is 4. The Balaban J connectivity index is 2.07. The minimum Gasteiger partial charge on any atom is -0.300 e. The molecule has 0 spiro atoms. The highest BCUT2D eigenvalue weighted by Gasteiger charge is 2.09. The molecule has 6 nitrogen and oxygen atoms in total. The highest BCUT2D eigenvalue weighted by molar-refractivity contribution is 5.57. The van der Waals surface area contributed by atoms with E-state index in [0.29, 0.717) is 5.82 Å². The van der Waals surface area contributed by atoms with E-state index >= 15 is 0 Å². The Kier molecular flexibility index (Phi) is 2.82. The van der Waals surface area contributed by atoms with Gasteiger partial charge in [-0.3, -0.25) is 4.79 Å². The van der Waals surface area contributed by atoms with Crippen LogP contribution in [-0.4, -0.2) is 25.1 Å². The Labute approximate surface area is 108 Å². The first-order valence-electron chi connectivity index (χ1n) is 5.64. The Morgan fingerprint density at radius 1 is 0.895 bits per heavy atom. The zero-order chi connectivity index (χ0) is 13.1. The molecular weight excluding hydrogens is 242 g/mol. The van der Waals surface area contributed by atoms with Crippen molar-refractivity contribution in [2.45, 2.75) is 0 Å². The van der Waals surface area contributed by atoms with Crippen molar-refractivity contribution in [3.05, 3.63) is 59.1 Å². The molecule has 92 valence electrons. The molecule has 19 heavy (non-hydrogen) atoms. The molecule has 0 aliphatic carbocycles. The van der Waals surface area contributed by atoms with Gasteiger partial charge >= 0.3 is 0 Å². The van der Waals surface area contributed by atoms with Gasteiger partial charge in [0.25, 0.3) is 5.56 Å². The molecule has 0 atom stereocenters. The van der Waals surface area contributed by atoms with Crippen LogP contribution >= 0.6 is 0 Å².